The van der Waals surface area contributed by atoms with Crippen LogP contribution in [0.5, 0.6) is 0 Å². The Bertz CT molecular complexity index is 1060. The number of hydrogen-bond donors (Lipinski definition) is 2. The molecule has 9 nitrogen and oxygen atoms in total. The molecule has 0 saturated carbocycles. The highest BCUT2D eigenvalue weighted by Crippen LogP contribution is 2.21. The number of likely N-dealkylation sites (tertiary alicyclic amines) is 1. The minimum absolute atomic E-state index is 0.0972. The molecule has 3 amide bonds. The number of benzene rings is 2. The minimum Gasteiger partial charge on any atom is -0.338 e. The monoisotopic (exact) mass is 423 g/mol. The van der Waals surface area contributed by atoms with Gasteiger partial charge in [0.2, 0.25) is 0 Å². The number of aromatic nitrogens is 4. The number of para-hydroxylation sites is 1. The molecule has 2 heterocycles. The van der Waals surface area contributed by atoms with Crippen molar-refractivity contribution in [3.8, 4) is 5.69 Å². The quantitative estimate of drug-likeness (QED) is 0.656. The molecule has 0 aliphatic carbocycles. The van der Waals surface area contributed by atoms with Gasteiger partial charge >= 0.3 is 6.03 Å². The maximum Gasteiger partial charge on any atom is 0.319 e. The summed E-state index contributed by atoms with van der Waals surface area (Å²) in [5.74, 6) is -0.391. The van der Waals surface area contributed by atoms with Crippen molar-refractivity contribution in [3.63, 3.8) is 0 Å². The molecule has 0 bridgehead atoms. The van der Waals surface area contributed by atoms with Crippen molar-refractivity contribution in [1.82, 2.24) is 30.4 Å². The first kappa shape index (κ1) is 20.5. The smallest absolute Gasteiger partial charge is 0.319 e. The lowest BCUT2D eigenvalue weighted by atomic mass is 9.97. The Kier molecular flexibility index (Phi) is 6.16. The van der Waals surface area contributed by atoms with Crippen molar-refractivity contribution in [2.24, 2.45) is 5.92 Å². The van der Waals surface area contributed by atoms with Gasteiger partial charge in [-0.3, -0.25) is 4.79 Å². The standard InChI is InChI=1S/C21H22FN7O2/c22-16-6-3-7-17(11-16)25-21(31)23-12-15-5-4-10-28(13-15)20(30)18-8-1-2-9-19(18)29-14-24-26-27-29/h1-3,6-9,11,14-15H,4-5,10,12-13H2,(H2,23,25,31). The zero-order valence-corrected chi connectivity index (χ0v) is 16.7. The molecule has 1 saturated heterocycles. The minimum atomic E-state index is -0.416. The number of tetrazole rings is 1. The second-order valence-corrected chi connectivity index (χ2v) is 7.38. The van der Waals surface area contributed by atoms with Gasteiger partial charge in [-0.05, 0) is 59.5 Å². The lowest BCUT2D eigenvalue weighted by Crippen LogP contribution is -2.44. The Morgan fingerprint density at radius 2 is 2.03 bits per heavy atom. The van der Waals surface area contributed by atoms with Gasteiger partial charge in [-0.2, -0.15) is 4.68 Å². The van der Waals surface area contributed by atoms with Crippen LogP contribution < -0.4 is 10.6 Å². The second kappa shape index (κ2) is 9.33. The highest BCUT2D eigenvalue weighted by molar-refractivity contribution is 5.97. The average Bonchev–Trinajstić information content (AvgIpc) is 3.32. The van der Waals surface area contributed by atoms with Crippen LogP contribution in [-0.4, -0.2) is 56.7 Å². The topological polar surface area (TPSA) is 105 Å². The van der Waals surface area contributed by atoms with Gasteiger partial charge in [-0.15, -0.1) is 5.10 Å². The van der Waals surface area contributed by atoms with Gasteiger partial charge in [0, 0.05) is 25.3 Å². The summed E-state index contributed by atoms with van der Waals surface area (Å²) in [5, 5.41) is 16.6. The number of anilines is 1. The lowest BCUT2D eigenvalue weighted by molar-refractivity contribution is 0.0675. The third-order valence-corrected chi connectivity index (χ3v) is 5.17. The van der Waals surface area contributed by atoms with E-state index in [1.807, 2.05) is 6.07 Å². The Morgan fingerprint density at radius 1 is 1.16 bits per heavy atom. The van der Waals surface area contributed by atoms with E-state index in [1.165, 1.54) is 29.2 Å². The summed E-state index contributed by atoms with van der Waals surface area (Å²) in [5.41, 5.74) is 1.52. The first-order valence-corrected chi connectivity index (χ1v) is 10.0. The number of carbonyl (C=O) groups excluding carboxylic acids is 2. The fourth-order valence-electron chi connectivity index (χ4n) is 3.69. The zero-order valence-electron chi connectivity index (χ0n) is 16.7. The molecule has 4 rings (SSSR count). The summed E-state index contributed by atoms with van der Waals surface area (Å²) in [7, 11) is 0. The van der Waals surface area contributed by atoms with Gasteiger partial charge in [0.25, 0.3) is 5.91 Å². The summed E-state index contributed by atoms with van der Waals surface area (Å²) in [6.07, 6.45) is 3.20. The van der Waals surface area contributed by atoms with Gasteiger partial charge in [0.15, 0.2) is 0 Å². The summed E-state index contributed by atoms with van der Waals surface area (Å²) < 4.78 is 14.7. The number of rotatable bonds is 5. The van der Waals surface area contributed by atoms with Crippen LogP contribution in [0.1, 0.15) is 23.2 Å². The molecular formula is C21H22FN7O2. The van der Waals surface area contributed by atoms with Crippen LogP contribution in [0.3, 0.4) is 0 Å². The Balaban J connectivity index is 1.36. The van der Waals surface area contributed by atoms with E-state index in [1.54, 1.807) is 29.2 Å². The van der Waals surface area contributed by atoms with Crippen LogP contribution in [0.2, 0.25) is 0 Å². The third-order valence-electron chi connectivity index (χ3n) is 5.17. The second-order valence-electron chi connectivity index (χ2n) is 7.38. The molecule has 2 aromatic carbocycles. The molecule has 160 valence electrons. The number of nitrogens with one attached hydrogen (secondary N) is 2. The molecular weight excluding hydrogens is 401 g/mol. The van der Waals surface area contributed by atoms with Crippen molar-refractivity contribution in [3.05, 3.63) is 66.2 Å². The number of piperidine rings is 1. The van der Waals surface area contributed by atoms with Crippen molar-refractivity contribution >= 4 is 17.6 Å². The lowest BCUT2D eigenvalue weighted by Gasteiger charge is -2.33. The Hall–Kier alpha value is -3.82. The normalized spacial score (nSPS) is 16.0. The van der Waals surface area contributed by atoms with Crippen LogP contribution >= 0.6 is 0 Å². The maximum atomic E-state index is 13.2. The molecule has 1 aliphatic heterocycles. The van der Waals surface area contributed by atoms with E-state index in [4.69, 9.17) is 0 Å². The van der Waals surface area contributed by atoms with E-state index in [-0.39, 0.29) is 11.8 Å². The summed E-state index contributed by atoms with van der Waals surface area (Å²) in [6.45, 7) is 1.59. The number of hydrogen-bond acceptors (Lipinski definition) is 5. The first-order valence-electron chi connectivity index (χ1n) is 10.0. The number of urea groups is 1. The molecule has 0 radical (unpaired) electrons. The van der Waals surface area contributed by atoms with Crippen LogP contribution in [0, 0.1) is 11.7 Å². The predicted molar refractivity (Wildman–Crippen MR) is 111 cm³/mol. The highest BCUT2D eigenvalue weighted by atomic mass is 19.1. The van der Waals surface area contributed by atoms with Crippen molar-refractivity contribution < 1.29 is 14.0 Å². The predicted octanol–water partition coefficient (Wildman–Crippen LogP) is 2.48. The van der Waals surface area contributed by atoms with Gasteiger partial charge in [-0.25, -0.2) is 9.18 Å². The van der Waals surface area contributed by atoms with Gasteiger partial charge < -0.3 is 15.5 Å². The number of carbonyl (C=O) groups is 2. The highest BCUT2D eigenvalue weighted by Gasteiger charge is 2.26. The molecule has 10 heteroatoms. The molecule has 1 fully saturated rings. The van der Waals surface area contributed by atoms with Gasteiger partial charge in [0.05, 0.1) is 11.3 Å². The fourth-order valence-corrected chi connectivity index (χ4v) is 3.69. The number of nitrogens with zero attached hydrogens (tertiary/aromatic N) is 5. The van der Waals surface area contributed by atoms with Gasteiger partial charge in [-0.1, -0.05) is 18.2 Å². The molecule has 31 heavy (non-hydrogen) atoms. The molecule has 1 aliphatic rings. The maximum absolute atomic E-state index is 13.2. The average molecular weight is 423 g/mol. The Labute approximate surface area is 178 Å². The Morgan fingerprint density at radius 3 is 2.84 bits per heavy atom. The van der Waals surface area contributed by atoms with Crippen LogP contribution in [0.4, 0.5) is 14.9 Å². The van der Waals surface area contributed by atoms with E-state index in [0.29, 0.717) is 36.6 Å². The summed E-state index contributed by atoms with van der Waals surface area (Å²) in [4.78, 5) is 27.1. The van der Waals surface area contributed by atoms with E-state index < -0.39 is 11.8 Å². The third kappa shape index (κ3) is 5.03. The van der Waals surface area contributed by atoms with E-state index in [2.05, 4.69) is 26.2 Å². The summed E-state index contributed by atoms with van der Waals surface area (Å²) >= 11 is 0. The van der Waals surface area contributed by atoms with E-state index >= 15 is 0 Å². The van der Waals surface area contributed by atoms with Gasteiger partial charge in [0.1, 0.15) is 12.1 Å². The molecule has 1 atom stereocenters. The van der Waals surface area contributed by atoms with E-state index in [0.717, 1.165) is 12.8 Å². The molecule has 3 aromatic rings. The van der Waals surface area contributed by atoms with Crippen LogP contribution in [0.15, 0.2) is 54.9 Å². The number of amides is 3. The van der Waals surface area contributed by atoms with Crippen molar-refractivity contribution in [1.29, 1.82) is 0 Å². The molecule has 1 aromatic heterocycles. The fraction of sp³-hybridized carbons (Fsp3) is 0.286. The first-order chi connectivity index (χ1) is 15.1. The summed E-state index contributed by atoms with van der Waals surface area (Å²) in [6, 6.07) is 12.5. The van der Waals surface area contributed by atoms with Crippen LogP contribution in [0.25, 0.3) is 5.69 Å². The largest absolute Gasteiger partial charge is 0.338 e. The SMILES string of the molecule is O=C(NCC1CCCN(C(=O)c2ccccc2-n2cnnn2)C1)Nc1cccc(F)c1. The van der Waals surface area contributed by atoms with Crippen LogP contribution in [-0.2, 0) is 0 Å². The number of halogens is 1. The van der Waals surface area contributed by atoms with Crippen molar-refractivity contribution in [2.75, 3.05) is 25.0 Å². The molecule has 0 spiro atoms. The zero-order chi connectivity index (χ0) is 21.6. The van der Waals surface area contributed by atoms with Crippen molar-refractivity contribution in [2.45, 2.75) is 12.8 Å². The molecule has 2 N–H and O–H groups in total. The molecule has 1 unspecified atom stereocenters. The van der Waals surface area contributed by atoms with E-state index in [9.17, 15) is 14.0 Å².